The molecule has 0 spiro atoms. The van der Waals surface area contributed by atoms with E-state index in [1.54, 1.807) is 0 Å². The number of hydrogen-bond acceptors (Lipinski definition) is 2. The van der Waals surface area contributed by atoms with Crippen LogP contribution in [0.1, 0.15) is 38.2 Å². The van der Waals surface area contributed by atoms with Crippen molar-refractivity contribution in [1.29, 1.82) is 0 Å². The van der Waals surface area contributed by atoms with E-state index in [9.17, 15) is 0 Å². The van der Waals surface area contributed by atoms with Gasteiger partial charge in [-0.25, -0.2) is 0 Å². The van der Waals surface area contributed by atoms with Crippen molar-refractivity contribution in [2.75, 3.05) is 26.2 Å². The van der Waals surface area contributed by atoms with Gasteiger partial charge in [-0.2, -0.15) is 0 Å². The predicted molar refractivity (Wildman–Crippen MR) is 89.7 cm³/mol. The van der Waals surface area contributed by atoms with Crippen molar-refractivity contribution in [3.05, 3.63) is 34.9 Å². The topological polar surface area (TPSA) is 6.48 Å². The second-order valence-electron chi connectivity index (χ2n) is 6.82. The summed E-state index contributed by atoms with van der Waals surface area (Å²) in [4.78, 5) is 5.28. The first-order valence-electron chi connectivity index (χ1n) is 8.42. The van der Waals surface area contributed by atoms with Crippen LogP contribution in [0.3, 0.4) is 0 Å². The van der Waals surface area contributed by atoms with E-state index >= 15 is 0 Å². The lowest BCUT2D eigenvalue weighted by atomic mass is 9.86. The van der Waals surface area contributed by atoms with Crippen LogP contribution in [0.2, 0.25) is 5.02 Å². The second kappa shape index (κ2) is 7.13. The van der Waals surface area contributed by atoms with Crippen molar-refractivity contribution < 1.29 is 0 Å². The Morgan fingerprint density at radius 3 is 2.33 bits per heavy atom. The quantitative estimate of drug-likeness (QED) is 0.831. The number of rotatable bonds is 3. The zero-order valence-electron chi connectivity index (χ0n) is 13.1. The molecule has 0 aromatic heterocycles. The van der Waals surface area contributed by atoms with Gasteiger partial charge in [0.2, 0.25) is 0 Å². The van der Waals surface area contributed by atoms with E-state index in [2.05, 4.69) is 28.9 Å². The molecule has 2 nitrogen and oxygen atoms in total. The first-order valence-corrected chi connectivity index (χ1v) is 8.80. The Morgan fingerprint density at radius 1 is 1.00 bits per heavy atom. The Kier molecular flexibility index (Phi) is 5.20. The molecule has 1 aromatic rings. The minimum atomic E-state index is 0.851. The highest BCUT2D eigenvalue weighted by atomic mass is 35.5. The molecule has 3 heteroatoms. The molecule has 0 radical (unpaired) electrons. The lowest BCUT2D eigenvalue weighted by Crippen LogP contribution is -2.50. The van der Waals surface area contributed by atoms with Crippen molar-refractivity contribution in [1.82, 2.24) is 9.80 Å². The normalized spacial score (nSPS) is 28.7. The average molecular weight is 307 g/mol. The highest BCUT2D eigenvalue weighted by Crippen LogP contribution is 2.28. The molecular weight excluding hydrogens is 280 g/mol. The SMILES string of the molecule is CC1CCC(N2CCN(Cc3ccccc3Cl)CC2)CC1. The Balaban J connectivity index is 1.48. The van der Waals surface area contributed by atoms with E-state index < -0.39 is 0 Å². The summed E-state index contributed by atoms with van der Waals surface area (Å²) in [6.45, 7) is 8.20. The van der Waals surface area contributed by atoms with Crippen LogP contribution in [0.4, 0.5) is 0 Å². The number of hydrogen-bond donors (Lipinski definition) is 0. The molecule has 0 bridgehead atoms. The predicted octanol–water partition coefficient (Wildman–Crippen LogP) is 4.04. The van der Waals surface area contributed by atoms with Crippen LogP contribution in [-0.4, -0.2) is 42.0 Å². The monoisotopic (exact) mass is 306 g/mol. The molecule has 0 unspecified atom stereocenters. The van der Waals surface area contributed by atoms with Gasteiger partial charge >= 0.3 is 0 Å². The molecule has 1 saturated carbocycles. The minimum absolute atomic E-state index is 0.851. The van der Waals surface area contributed by atoms with Gasteiger partial charge in [0, 0.05) is 43.8 Å². The van der Waals surface area contributed by atoms with Gasteiger partial charge in [-0.1, -0.05) is 36.7 Å². The Labute approximate surface area is 134 Å². The first kappa shape index (κ1) is 15.3. The molecule has 116 valence electrons. The maximum Gasteiger partial charge on any atom is 0.0451 e. The Hall–Kier alpha value is -0.570. The summed E-state index contributed by atoms with van der Waals surface area (Å²) in [7, 11) is 0. The van der Waals surface area contributed by atoms with Gasteiger partial charge < -0.3 is 0 Å². The Bertz CT molecular complexity index is 446. The zero-order valence-corrected chi connectivity index (χ0v) is 13.9. The summed E-state index contributed by atoms with van der Waals surface area (Å²) in [5.74, 6) is 0.947. The average Bonchev–Trinajstić information content (AvgIpc) is 2.51. The molecule has 3 rings (SSSR count). The van der Waals surface area contributed by atoms with Crippen LogP contribution in [0.5, 0.6) is 0 Å². The highest BCUT2D eigenvalue weighted by molar-refractivity contribution is 6.31. The lowest BCUT2D eigenvalue weighted by Gasteiger charge is -2.41. The fourth-order valence-corrected chi connectivity index (χ4v) is 3.96. The fourth-order valence-electron chi connectivity index (χ4n) is 3.76. The number of benzene rings is 1. The highest BCUT2D eigenvalue weighted by Gasteiger charge is 2.27. The molecule has 1 saturated heterocycles. The molecule has 1 aromatic carbocycles. The summed E-state index contributed by atoms with van der Waals surface area (Å²) in [6.07, 6.45) is 5.66. The molecule has 1 aliphatic carbocycles. The number of piperazine rings is 1. The van der Waals surface area contributed by atoms with Crippen LogP contribution >= 0.6 is 11.6 Å². The number of halogens is 1. The van der Waals surface area contributed by atoms with E-state index in [-0.39, 0.29) is 0 Å². The smallest absolute Gasteiger partial charge is 0.0451 e. The fraction of sp³-hybridized carbons (Fsp3) is 0.667. The molecule has 0 atom stereocenters. The molecule has 0 N–H and O–H groups in total. The standard InChI is InChI=1S/C18H27ClN2/c1-15-6-8-17(9-7-15)21-12-10-20(11-13-21)14-16-4-2-3-5-18(16)19/h2-5,15,17H,6-14H2,1H3. The summed E-state index contributed by atoms with van der Waals surface area (Å²) in [5.41, 5.74) is 1.26. The molecule has 0 amide bonds. The summed E-state index contributed by atoms with van der Waals surface area (Å²) in [6, 6.07) is 9.09. The first-order chi connectivity index (χ1) is 10.2. The van der Waals surface area contributed by atoms with Crippen molar-refractivity contribution >= 4 is 11.6 Å². The van der Waals surface area contributed by atoms with Crippen LogP contribution in [0.15, 0.2) is 24.3 Å². The van der Waals surface area contributed by atoms with Gasteiger partial charge in [0.15, 0.2) is 0 Å². The third kappa shape index (κ3) is 4.00. The van der Waals surface area contributed by atoms with Gasteiger partial charge in [0.1, 0.15) is 0 Å². The number of nitrogens with zero attached hydrogens (tertiary/aromatic N) is 2. The van der Waals surface area contributed by atoms with Crippen LogP contribution < -0.4 is 0 Å². The molecule has 21 heavy (non-hydrogen) atoms. The van der Waals surface area contributed by atoms with Crippen LogP contribution in [0, 0.1) is 5.92 Å². The summed E-state index contributed by atoms with van der Waals surface area (Å²) < 4.78 is 0. The van der Waals surface area contributed by atoms with E-state index in [4.69, 9.17) is 11.6 Å². The van der Waals surface area contributed by atoms with Gasteiger partial charge in [-0.15, -0.1) is 0 Å². The van der Waals surface area contributed by atoms with Crippen molar-refractivity contribution in [3.8, 4) is 0 Å². The van der Waals surface area contributed by atoms with Crippen LogP contribution in [-0.2, 0) is 6.54 Å². The molecule has 1 heterocycles. The molecule has 1 aliphatic heterocycles. The van der Waals surface area contributed by atoms with Crippen molar-refractivity contribution in [3.63, 3.8) is 0 Å². The Morgan fingerprint density at radius 2 is 1.67 bits per heavy atom. The summed E-state index contributed by atoms with van der Waals surface area (Å²) >= 11 is 6.27. The maximum atomic E-state index is 6.27. The lowest BCUT2D eigenvalue weighted by molar-refractivity contribution is 0.0689. The third-order valence-electron chi connectivity index (χ3n) is 5.26. The van der Waals surface area contributed by atoms with Crippen molar-refractivity contribution in [2.45, 2.75) is 45.2 Å². The molecular formula is C18H27ClN2. The van der Waals surface area contributed by atoms with Crippen LogP contribution in [0.25, 0.3) is 0 Å². The second-order valence-corrected chi connectivity index (χ2v) is 7.22. The summed E-state index contributed by atoms with van der Waals surface area (Å²) in [5, 5.41) is 0.904. The van der Waals surface area contributed by atoms with E-state index in [0.29, 0.717) is 0 Å². The maximum absolute atomic E-state index is 6.27. The van der Waals surface area contributed by atoms with Crippen molar-refractivity contribution in [2.24, 2.45) is 5.92 Å². The largest absolute Gasteiger partial charge is 0.298 e. The molecule has 2 aliphatic rings. The van der Waals surface area contributed by atoms with E-state index in [1.165, 1.54) is 57.4 Å². The molecule has 2 fully saturated rings. The van der Waals surface area contributed by atoms with Gasteiger partial charge in [-0.05, 0) is 43.2 Å². The third-order valence-corrected chi connectivity index (χ3v) is 5.63. The van der Waals surface area contributed by atoms with Gasteiger partial charge in [0.05, 0.1) is 0 Å². The van der Waals surface area contributed by atoms with Gasteiger partial charge in [0.25, 0.3) is 0 Å². The van der Waals surface area contributed by atoms with Gasteiger partial charge in [-0.3, -0.25) is 9.80 Å². The zero-order chi connectivity index (χ0) is 14.7. The van der Waals surface area contributed by atoms with E-state index in [0.717, 1.165) is 23.5 Å². The minimum Gasteiger partial charge on any atom is -0.298 e. The van der Waals surface area contributed by atoms with E-state index in [1.807, 2.05) is 12.1 Å².